The van der Waals surface area contributed by atoms with Gasteiger partial charge >= 0.3 is 12.0 Å². The number of anilines is 1. The Morgan fingerprint density at radius 2 is 2.24 bits per heavy atom. The summed E-state index contributed by atoms with van der Waals surface area (Å²) >= 11 is 0. The molecule has 21 heavy (non-hydrogen) atoms. The number of urea groups is 1. The summed E-state index contributed by atoms with van der Waals surface area (Å²) < 4.78 is 5.47. The lowest BCUT2D eigenvalue weighted by molar-refractivity contribution is 0.0696. The average molecular weight is 292 g/mol. The topological polar surface area (TPSA) is 87.7 Å². The Morgan fingerprint density at radius 3 is 2.90 bits per heavy atom. The number of ether oxygens (including phenoxy) is 1. The largest absolute Gasteiger partial charge is 0.478 e. The standard InChI is InChI=1S/C15H20N2O4/c1-10-4-5-11(9-13(10)14(18)19)17-15(20)16-7-6-12-3-2-8-21-12/h4-5,9,12H,2-3,6-8H2,1H3,(H,18,19)(H2,16,17,20). The first-order valence-corrected chi connectivity index (χ1v) is 7.06. The van der Waals surface area contributed by atoms with E-state index in [4.69, 9.17) is 9.84 Å². The summed E-state index contributed by atoms with van der Waals surface area (Å²) in [6.45, 7) is 3.06. The van der Waals surface area contributed by atoms with Crippen molar-refractivity contribution in [3.8, 4) is 0 Å². The second-order valence-electron chi connectivity index (χ2n) is 5.14. The fraction of sp³-hybridized carbons (Fsp3) is 0.467. The smallest absolute Gasteiger partial charge is 0.336 e. The molecule has 1 atom stereocenters. The van der Waals surface area contributed by atoms with Gasteiger partial charge in [-0.15, -0.1) is 0 Å². The van der Waals surface area contributed by atoms with E-state index in [2.05, 4.69) is 10.6 Å². The van der Waals surface area contributed by atoms with Crippen molar-refractivity contribution in [2.75, 3.05) is 18.5 Å². The van der Waals surface area contributed by atoms with Crippen LogP contribution in [0.4, 0.5) is 10.5 Å². The van der Waals surface area contributed by atoms with Crippen LogP contribution in [-0.4, -0.2) is 36.4 Å². The molecule has 0 bridgehead atoms. The van der Waals surface area contributed by atoms with Gasteiger partial charge in [0.05, 0.1) is 11.7 Å². The van der Waals surface area contributed by atoms with Gasteiger partial charge in [0.2, 0.25) is 0 Å². The molecule has 0 aromatic heterocycles. The number of aryl methyl sites for hydroxylation is 1. The van der Waals surface area contributed by atoms with Crippen molar-refractivity contribution >= 4 is 17.7 Å². The maximum absolute atomic E-state index is 11.7. The summed E-state index contributed by atoms with van der Waals surface area (Å²) in [4.78, 5) is 22.8. The minimum Gasteiger partial charge on any atom is -0.478 e. The highest BCUT2D eigenvalue weighted by Crippen LogP contribution is 2.16. The number of hydrogen-bond donors (Lipinski definition) is 3. The number of carboxylic acids is 1. The number of carbonyl (C=O) groups is 2. The van der Waals surface area contributed by atoms with Gasteiger partial charge in [0.25, 0.3) is 0 Å². The van der Waals surface area contributed by atoms with Crippen LogP contribution < -0.4 is 10.6 Å². The highest BCUT2D eigenvalue weighted by atomic mass is 16.5. The Morgan fingerprint density at radius 1 is 1.43 bits per heavy atom. The first-order valence-electron chi connectivity index (χ1n) is 7.06. The molecule has 0 aliphatic carbocycles. The first kappa shape index (κ1) is 15.3. The monoisotopic (exact) mass is 292 g/mol. The van der Waals surface area contributed by atoms with Gasteiger partial charge in [0.15, 0.2) is 0 Å². The summed E-state index contributed by atoms with van der Waals surface area (Å²) in [7, 11) is 0. The van der Waals surface area contributed by atoms with Gasteiger partial charge in [-0.2, -0.15) is 0 Å². The SMILES string of the molecule is Cc1ccc(NC(=O)NCCC2CCCO2)cc1C(=O)O. The van der Waals surface area contributed by atoms with Crippen LogP contribution in [-0.2, 0) is 4.74 Å². The summed E-state index contributed by atoms with van der Waals surface area (Å²) in [5.74, 6) is -1.00. The molecule has 1 unspecified atom stereocenters. The molecule has 1 heterocycles. The summed E-state index contributed by atoms with van der Waals surface area (Å²) in [5, 5.41) is 14.4. The van der Waals surface area contributed by atoms with E-state index in [9.17, 15) is 9.59 Å². The average Bonchev–Trinajstić information content (AvgIpc) is 2.94. The molecule has 0 radical (unpaired) electrons. The third-order valence-corrected chi connectivity index (χ3v) is 3.50. The minimum atomic E-state index is -1.00. The predicted octanol–water partition coefficient (Wildman–Crippen LogP) is 2.38. The predicted molar refractivity (Wildman–Crippen MR) is 78.8 cm³/mol. The molecule has 1 aliphatic rings. The number of benzene rings is 1. The van der Waals surface area contributed by atoms with E-state index in [0.29, 0.717) is 17.8 Å². The van der Waals surface area contributed by atoms with Crippen LogP contribution in [0.2, 0.25) is 0 Å². The van der Waals surface area contributed by atoms with Crippen LogP contribution in [0.5, 0.6) is 0 Å². The van der Waals surface area contributed by atoms with Gasteiger partial charge in [-0.05, 0) is 43.9 Å². The molecule has 0 saturated carbocycles. The van der Waals surface area contributed by atoms with Gasteiger partial charge in [-0.25, -0.2) is 9.59 Å². The normalized spacial score (nSPS) is 17.5. The van der Waals surface area contributed by atoms with Crippen LogP contribution in [0.1, 0.15) is 35.2 Å². The van der Waals surface area contributed by atoms with Crippen LogP contribution in [0, 0.1) is 6.92 Å². The molecular formula is C15H20N2O4. The second-order valence-corrected chi connectivity index (χ2v) is 5.14. The van der Waals surface area contributed by atoms with Crippen LogP contribution >= 0.6 is 0 Å². The molecule has 3 N–H and O–H groups in total. The van der Waals surface area contributed by atoms with E-state index < -0.39 is 5.97 Å². The number of hydrogen-bond acceptors (Lipinski definition) is 3. The van der Waals surface area contributed by atoms with E-state index in [1.807, 2.05) is 0 Å². The van der Waals surface area contributed by atoms with Gasteiger partial charge < -0.3 is 20.5 Å². The van der Waals surface area contributed by atoms with Gasteiger partial charge in [-0.1, -0.05) is 6.07 Å². The van der Waals surface area contributed by atoms with E-state index in [1.165, 1.54) is 6.07 Å². The zero-order valence-electron chi connectivity index (χ0n) is 12.0. The molecule has 1 aromatic carbocycles. The van der Waals surface area contributed by atoms with Crippen molar-refractivity contribution in [2.45, 2.75) is 32.3 Å². The van der Waals surface area contributed by atoms with E-state index in [1.54, 1.807) is 19.1 Å². The Balaban J connectivity index is 1.81. The molecule has 1 saturated heterocycles. The lowest BCUT2D eigenvalue weighted by Crippen LogP contribution is -2.31. The highest BCUT2D eigenvalue weighted by Gasteiger charge is 2.15. The zero-order valence-corrected chi connectivity index (χ0v) is 12.0. The second kappa shape index (κ2) is 7.08. The summed E-state index contributed by atoms with van der Waals surface area (Å²) in [6, 6.07) is 4.47. The lowest BCUT2D eigenvalue weighted by Gasteiger charge is -2.11. The molecule has 2 rings (SSSR count). The van der Waals surface area contributed by atoms with Crippen molar-refractivity contribution in [1.82, 2.24) is 5.32 Å². The Kier molecular flexibility index (Phi) is 5.16. The maximum Gasteiger partial charge on any atom is 0.336 e. The van der Waals surface area contributed by atoms with Crippen LogP contribution in [0.15, 0.2) is 18.2 Å². The van der Waals surface area contributed by atoms with Crippen LogP contribution in [0.25, 0.3) is 0 Å². The Bertz CT molecular complexity index is 524. The molecule has 6 heteroatoms. The fourth-order valence-electron chi connectivity index (χ4n) is 2.32. The van der Waals surface area contributed by atoms with Crippen molar-refractivity contribution in [1.29, 1.82) is 0 Å². The molecule has 1 fully saturated rings. The van der Waals surface area contributed by atoms with E-state index in [0.717, 1.165) is 25.9 Å². The minimum absolute atomic E-state index is 0.187. The van der Waals surface area contributed by atoms with Crippen LogP contribution in [0.3, 0.4) is 0 Å². The van der Waals surface area contributed by atoms with Crippen molar-refractivity contribution in [3.63, 3.8) is 0 Å². The third kappa shape index (κ3) is 4.46. The van der Waals surface area contributed by atoms with Crippen molar-refractivity contribution < 1.29 is 19.4 Å². The molecule has 1 aromatic rings. The number of carboxylic acid groups (broad SMARTS) is 1. The molecule has 2 amide bonds. The number of nitrogens with one attached hydrogen (secondary N) is 2. The number of rotatable bonds is 5. The van der Waals surface area contributed by atoms with Gasteiger partial charge in [0, 0.05) is 18.8 Å². The van der Waals surface area contributed by atoms with Gasteiger partial charge in [0.1, 0.15) is 0 Å². The zero-order chi connectivity index (χ0) is 15.2. The molecular weight excluding hydrogens is 272 g/mol. The molecule has 1 aliphatic heterocycles. The third-order valence-electron chi connectivity index (χ3n) is 3.50. The Labute approximate surface area is 123 Å². The number of aromatic carboxylic acids is 1. The van der Waals surface area contributed by atoms with Crippen molar-refractivity contribution in [2.24, 2.45) is 0 Å². The Hall–Kier alpha value is -2.08. The fourth-order valence-corrected chi connectivity index (χ4v) is 2.32. The quantitative estimate of drug-likeness (QED) is 0.777. The first-order chi connectivity index (χ1) is 10.1. The van der Waals surface area contributed by atoms with Gasteiger partial charge in [-0.3, -0.25) is 0 Å². The maximum atomic E-state index is 11.7. The van der Waals surface area contributed by atoms with E-state index in [-0.39, 0.29) is 17.7 Å². The highest BCUT2D eigenvalue weighted by molar-refractivity contribution is 5.94. The molecule has 6 nitrogen and oxygen atoms in total. The molecule has 0 spiro atoms. The molecule has 114 valence electrons. The summed E-state index contributed by atoms with van der Waals surface area (Å²) in [6.07, 6.45) is 3.16. The lowest BCUT2D eigenvalue weighted by atomic mass is 10.1. The summed E-state index contributed by atoms with van der Waals surface area (Å²) in [5.41, 5.74) is 1.31. The number of carbonyl (C=O) groups excluding carboxylic acids is 1. The van der Waals surface area contributed by atoms with E-state index >= 15 is 0 Å². The van der Waals surface area contributed by atoms with Crippen molar-refractivity contribution in [3.05, 3.63) is 29.3 Å². The number of amides is 2.